The van der Waals surface area contributed by atoms with E-state index < -0.39 is 6.10 Å². The van der Waals surface area contributed by atoms with Gasteiger partial charge in [0.1, 0.15) is 0 Å². The molecule has 0 amide bonds. The van der Waals surface area contributed by atoms with Gasteiger partial charge in [-0.1, -0.05) is 23.7 Å². The predicted molar refractivity (Wildman–Crippen MR) is 68.1 cm³/mol. The molecule has 1 atom stereocenters. The number of hydrogen-bond donors (Lipinski definition) is 1. The fraction of sp³-hybridized carbons (Fsp3) is 0.308. The van der Waals surface area contributed by atoms with Crippen LogP contribution in [0.1, 0.15) is 22.8 Å². The molecule has 0 spiro atoms. The standard InChI is InChI=1S/C13H15ClN2O/c1-9-3-4-11(12(14)5-9)13(17)6-10-7-15-16(2)8-10/h3-5,7-8,13,17H,6H2,1-2H3. The largest absolute Gasteiger partial charge is 0.388 e. The van der Waals surface area contributed by atoms with Crippen LogP contribution in [0.2, 0.25) is 5.02 Å². The lowest BCUT2D eigenvalue weighted by Crippen LogP contribution is -2.02. The van der Waals surface area contributed by atoms with Crippen LogP contribution in [-0.2, 0) is 13.5 Å². The highest BCUT2D eigenvalue weighted by molar-refractivity contribution is 6.31. The SMILES string of the molecule is Cc1ccc(C(O)Cc2cnn(C)c2)c(Cl)c1. The summed E-state index contributed by atoms with van der Waals surface area (Å²) in [6, 6.07) is 5.69. The topological polar surface area (TPSA) is 38.1 Å². The van der Waals surface area contributed by atoms with Gasteiger partial charge in [-0.05, 0) is 29.7 Å². The summed E-state index contributed by atoms with van der Waals surface area (Å²) in [5.74, 6) is 0. The van der Waals surface area contributed by atoms with Crippen LogP contribution in [0.15, 0.2) is 30.6 Å². The Hall–Kier alpha value is -1.32. The highest BCUT2D eigenvalue weighted by atomic mass is 35.5. The Morgan fingerprint density at radius 3 is 2.82 bits per heavy atom. The molecule has 0 aliphatic rings. The number of aliphatic hydroxyl groups is 1. The molecule has 3 nitrogen and oxygen atoms in total. The fourth-order valence-corrected chi connectivity index (χ4v) is 2.17. The van der Waals surface area contributed by atoms with E-state index in [9.17, 15) is 5.11 Å². The molecule has 17 heavy (non-hydrogen) atoms. The van der Waals surface area contributed by atoms with Gasteiger partial charge in [-0.15, -0.1) is 0 Å². The van der Waals surface area contributed by atoms with Crippen molar-refractivity contribution in [2.75, 3.05) is 0 Å². The zero-order valence-corrected chi connectivity index (χ0v) is 10.6. The van der Waals surface area contributed by atoms with E-state index in [0.717, 1.165) is 16.7 Å². The Morgan fingerprint density at radius 2 is 2.24 bits per heavy atom. The number of hydrogen-bond acceptors (Lipinski definition) is 2. The summed E-state index contributed by atoms with van der Waals surface area (Å²) in [7, 11) is 1.86. The lowest BCUT2D eigenvalue weighted by atomic mass is 10.0. The maximum atomic E-state index is 10.1. The number of aliphatic hydroxyl groups excluding tert-OH is 1. The molecule has 0 radical (unpaired) electrons. The molecule has 1 unspecified atom stereocenters. The van der Waals surface area contributed by atoms with Gasteiger partial charge in [0, 0.05) is 24.7 Å². The Bertz CT molecular complexity index is 522. The van der Waals surface area contributed by atoms with Gasteiger partial charge in [-0.3, -0.25) is 4.68 Å². The molecule has 1 aromatic heterocycles. The van der Waals surface area contributed by atoms with Gasteiger partial charge < -0.3 is 5.11 Å². The maximum absolute atomic E-state index is 10.1. The van der Waals surface area contributed by atoms with Crippen LogP contribution >= 0.6 is 11.6 Å². The molecule has 0 saturated carbocycles. The van der Waals surface area contributed by atoms with Crippen LogP contribution in [0.5, 0.6) is 0 Å². The summed E-state index contributed by atoms with van der Waals surface area (Å²) >= 11 is 6.11. The van der Waals surface area contributed by atoms with Crippen LogP contribution in [0.3, 0.4) is 0 Å². The van der Waals surface area contributed by atoms with Gasteiger partial charge in [0.2, 0.25) is 0 Å². The number of aromatic nitrogens is 2. The zero-order valence-electron chi connectivity index (χ0n) is 9.89. The molecular formula is C13H15ClN2O. The molecule has 4 heteroatoms. The lowest BCUT2D eigenvalue weighted by Gasteiger charge is -2.12. The summed E-state index contributed by atoms with van der Waals surface area (Å²) < 4.78 is 1.72. The maximum Gasteiger partial charge on any atom is 0.0845 e. The van der Waals surface area contributed by atoms with Crippen molar-refractivity contribution in [2.24, 2.45) is 7.05 Å². The number of halogens is 1. The van der Waals surface area contributed by atoms with E-state index in [2.05, 4.69) is 5.10 Å². The monoisotopic (exact) mass is 250 g/mol. The summed E-state index contributed by atoms with van der Waals surface area (Å²) in [5, 5.41) is 14.8. The molecule has 90 valence electrons. The number of nitrogens with zero attached hydrogens (tertiary/aromatic N) is 2. The zero-order chi connectivity index (χ0) is 12.4. The van der Waals surface area contributed by atoms with Crippen molar-refractivity contribution in [3.8, 4) is 0 Å². The van der Waals surface area contributed by atoms with Crippen molar-refractivity contribution in [3.05, 3.63) is 52.3 Å². The van der Waals surface area contributed by atoms with Gasteiger partial charge in [0.25, 0.3) is 0 Å². The van der Waals surface area contributed by atoms with Crippen LogP contribution in [-0.4, -0.2) is 14.9 Å². The van der Waals surface area contributed by atoms with Gasteiger partial charge >= 0.3 is 0 Å². The van der Waals surface area contributed by atoms with E-state index >= 15 is 0 Å². The normalized spacial score (nSPS) is 12.7. The van der Waals surface area contributed by atoms with Crippen molar-refractivity contribution in [1.29, 1.82) is 0 Å². The average Bonchev–Trinajstić information content (AvgIpc) is 2.63. The van der Waals surface area contributed by atoms with Crippen molar-refractivity contribution in [3.63, 3.8) is 0 Å². The smallest absolute Gasteiger partial charge is 0.0845 e. The molecular weight excluding hydrogens is 236 g/mol. The lowest BCUT2D eigenvalue weighted by molar-refractivity contribution is 0.178. The first-order chi connectivity index (χ1) is 8.06. The first kappa shape index (κ1) is 12.1. The van der Waals surface area contributed by atoms with Crippen LogP contribution in [0.25, 0.3) is 0 Å². The predicted octanol–water partition coefficient (Wildman–Crippen LogP) is 2.66. The van der Waals surface area contributed by atoms with Crippen molar-refractivity contribution in [1.82, 2.24) is 9.78 Å². The quantitative estimate of drug-likeness (QED) is 0.910. The highest BCUT2D eigenvalue weighted by Crippen LogP contribution is 2.26. The first-order valence-corrected chi connectivity index (χ1v) is 5.85. The molecule has 0 saturated heterocycles. The summed E-state index contributed by atoms with van der Waals surface area (Å²) in [5.41, 5.74) is 2.85. The summed E-state index contributed by atoms with van der Waals surface area (Å²) in [4.78, 5) is 0. The first-order valence-electron chi connectivity index (χ1n) is 5.48. The minimum Gasteiger partial charge on any atom is -0.388 e. The molecule has 1 heterocycles. The van der Waals surface area contributed by atoms with Gasteiger partial charge in [0.05, 0.1) is 12.3 Å². The molecule has 1 aromatic carbocycles. The van der Waals surface area contributed by atoms with E-state index in [1.54, 1.807) is 10.9 Å². The third-order valence-electron chi connectivity index (χ3n) is 2.70. The van der Waals surface area contributed by atoms with Crippen molar-refractivity contribution < 1.29 is 5.11 Å². The van der Waals surface area contributed by atoms with Crippen molar-refractivity contribution in [2.45, 2.75) is 19.4 Å². The molecule has 0 aliphatic carbocycles. The van der Waals surface area contributed by atoms with Crippen LogP contribution < -0.4 is 0 Å². The van der Waals surface area contributed by atoms with Gasteiger partial charge in [-0.25, -0.2) is 0 Å². The number of rotatable bonds is 3. The summed E-state index contributed by atoms with van der Waals surface area (Å²) in [6.07, 6.45) is 3.58. The molecule has 2 aromatic rings. The van der Waals surface area contributed by atoms with Gasteiger partial charge in [0.15, 0.2) is 0 Å². The second kappa shape index (κ2) is 4.90. The Morgan fingerprint density at radius 1 is 1.47 bits per heavy atom. The average molecular weight is 251 g/mol. The minimum atomic E-state index is -0.590. The van der Waals surface area contributed by atoms with E-state index in [4.69, 9.17) is 11.6 Å². The second-order valence-corrected chi connectivity index (χ2v) is 4.67. The van der Waals surface area contributed by atoms with E-state index in [-0.39, 0.29) is 0 Å². The molecule has 0 aliphatic heterocycles. The molecule has 2 rings (SSSR count). The second-order valence-electron chi connectivity index (χ2n) is 4.27. The number of benzene rings is 1. The summed E-state index contributed by atoms with van der Waals surface area (Å²) in [6.45, 7) is 1.98. The minimum absolute atomic E-state index is 0.524. The Balaban J connectivity index is 2.17. The number of aryl methyl sites for hydroxylation is 2. The Kier molecular flexibility index (Phi) is 3.50. The van der Waals surface area contributed by atoms with E-state index in [0.29, 0.717) is 11.4 Å². The third kappa shape index (κ3) is 2.87. The van der Waals surface area contributed by atoms with Crippen LogP contribution in [0, 0.1) is 6.92 Å². The molecule has 0 fully saturated rings. The highest BCUT2D eigenvalue weighted by Gasteiger charge is 2.13. The fourth-order valence-electron chi connectivity index (χ4n) is 1.81. The molecule has 0 bridgehead atoms. The van der Waals surface area contributed by atoms with E-state index in [1.807, 2.05) is 38.4 Å². The van der Waals surface area contributed by atoms with Crippen LogP contribution in [0.4, 0.5) is 0 Å². The van der Waals surface area contributed by atoms with Crippen molar-refractivity contribution >= 4 is 11.6 Å². The Labute approximate surface area is 106 Å². The molecule has 1 N–H and O–H groups in total. The van der Waals surface area contributed by atoms with E-state index in [1.165, 1.54) is 0 Å². The van der Waals surface area contributed by atoms with Gasteiger partial charge in [-0.2, -0.15) is 5.10 Å². The third-order valence-corrected chi connectivity index (χ3v) is 3.03.